The molecule has 0 aromatic heterocycles. The van der Waals surface area contributed by atoms with E-state index in [1.807, 2.05) is 6.92 Å². The normalized spacial score (nSPS) is 18.1. The smallest absolute Gasteiger partial charge is 0.321 e. The van der Waals surface area contributed by atoms with Gasteiger partial charge in [-0.15, -0.1) is 4.89 Å². The zero-order valence-electron chi connectivity index (χ0n) is 15.9. The van der Waals surface area contributed by atoms with Gasteiger partial charge in [-0.2, -0.15) is 0 Å². The van der Waals surface area contributed by atoms with E-state index < -0.39 is 23.7 Å². The highest BCUT2D eigenvalue weighted by Gasteiger charge is 2.40. The minimum Gasteiger partial charge on any atom is -0.321 e. The van der Waals surface area contributed by atoms with Gasteiger partial charge in [0.2, 0.25) is 0 Å². The Hall–Kier alpha value is -0.680. The summed E-state index contributed by atoms with van der Waals surface area (Å²) in [5.41, 5.74) is 3.53. The molecule has 0 bridgehead atoms. The zero-order chi connectivity index (χ0) is 21.1. The van der Waals surface area contributed by atoms with E-state index in [4.69, 9.17) is 9.79 Å². The Morgan fingerprint density at radius 1 is 1.00 bits per heavy atom. The summed E-state index contributed by atoms with van der Waals surface area (Å²) in [6, 6.07) is 0. The van der Waals surface area contributed by atoms with Crippen LogP contribution < -0.4 is 0 Å². The first-order valence-corrected chi connectivity index (χ1v) is 12.5. The number of rotatable bonds is 12. The molecule has 11 heteroatoms. The summed E-state index contributed by atoms with van der Waals surface area (Å²) < 4.78 is 40.9. The maximum atomic E-state index is 11.7. The molecule has 3 N–H and O–H groups in total. The fourth-order valence-electron chi connectivity index (χ4n) is 1.91. The third kappa shape index (κ3) is 16.0. The van der Waals surface area contributed by atoms with Gasteiger partial charge in [-0.25, -0.2) is 8.88 Å². The van der Waals surface area contributed by atoms with Crippen LogP contribution in [-0.4, -0.2) is 14.7 Å². The van der Waals surface area contributed by atoms with Crippen LogP contribution in [0.2, 0.25) is 0 Å². The van der Waals surface area contributed by atoms with Gasteiger partial charge in [0, 0.05) is 10.4 Å². The quantitative estimate of drug-likeness (QED) is 0.194. The minimum atomic E-state index is -5.11. The summed E-state index contributed by atoms with van der Waals surface area (Å²) in [6.45, 7) is 8.05. The van der Waals surface area contributed by atoms with Crippen LogP contribution in [0.15, 0.2) is 46.8 Å². The molecule has 27 heavy (non-hydrogen) atoms. The monoisotopic (exact) mass is 441 g/mol. The molecule has 3 atom stereocenters. The highest BCUT2D eigenvalue weighted by atomic mass is 31.3. The SMILES string of the molecule is CC(C)=CCC/C(C)=C/CC/C(C)=C/C=C/P(=O)(O)OP(=O)(O)O[P+](=O)O. The second-order valence-electron chi connectivity index (χ2n) is 6.20. The van der Waals surface area contributed by atoms with Crippen LogP contribution >= 0.6 is 23.7 Å². The molecule has 0 fully saturated rings. The van der Waals surface area contributed by atoms with Gasteiger partial charge >= 0.3 is 23.7 Å². The molecule has 0 aliphatic rings. The van der Waals surface area contributed by atoms with E-state index in [0.717, 1.165) is 31.3 Å². The second-order valence-corrected chi connectivity index (χ2v) is 10.3. The van der Waals surface area contributed by atoms with E-state index in [2.05, 4.69) is 41.5 Å². The van der Waals surface area contributed by atoms with Crippen molar-refractivity contribution in [2.24, 2.45) is 0 Å². The second kappa shape index (κ2) is 12.7. The van der Waals surface area contributed by atoms with Gasteiger partial charge in [0.1, 0.15) is 0 Å². The minimum absolute atomic E-state index is 0.702. The molecule has 0 radical (unpaired) electrons. The van der Waals surface area contributed by atoms with Gasteiger partial charge in [0.15, 0.2) is 0 Å². The van der Waals surface area contributed by atoms with Crippen molar-refractivity contribution in [3.05, 3.63) is 46.8 Å². The predicted octanol–water partition coefficient (Wildman–Crippen LogP) is 5.89. The van der Waals surface area contributed by atoms with Crippen molar-refractivity contribution in [3.63, 3.8) is 0 Å². The lowest BCUT2D eigenvalue weighted by Gasteiger charge is -2.07. The third-order valence-corrected chi connectivity index (χ3v) is 6.87. The summed E-state index contributed by atoms with van der Waals surface area (Å²) in [7, 11) is -13.2. The van der Waals surface area contributed by atoms with Gasteiger partial charge in [-0.05, 0) is 57.7 Å². The fourth-order valence-corrected chi connectivity index (χ4v) is 4.71. The lowest BCUT2D eigenvalue weighted by Crippen LogP contribution is -1.87. The number of phosphoric acid groups is 1. The molecule has 0 amide bonds. The van der Waals surface area contributed by atoms with E-state index >= 15 is 0 Å². The topological polar surface area (TPSA) is 130 Å². The lowest BCUT2D eigenvalue weighted by molar-refractivity contribution is 0.266. The average molecular weight is 441 g/mol. The third-order valence-electron chi connectivity index (χ3n) is 3.17. The van der Waals surface area contributed by atoms with Crippen LogP contribution in [0.25, 0.3) is 0 Å². The van der Waals surface area contributed by atoms with Crippen molar-refractivity contribution in [2.45, 2.75) is 53.4 Å². The van der Waals surface area contributed by atoms with Crippen LogP contribution in [0.3, 0.4) is 0 Å². The lowest BCUT2D eigenvalue weighted by atomic mass is 10.1. The van der Waals surface area contributed by atoms with Crippen molar-refractivity contribution in [1.29, 1.82) is 0 Å². The molecule has 0 aliphatic heterocycles. The summed E-state index contributed by atoms with van der Waals surface area (Å²) >= 11 is 0. The highest BCUT2D eigenvalue weighted by Crippen LogP contribution is 2.63. The van der Waals surface area contributed by atoms with Crippen molar-refractivity contribution >= 4 is 23.7 Å². The molecule has 0 heterocycles. The summed E-state index contributed by atoms with van der Waals surface area (Å²) in [5, 5.41) is 0. The molecule has 0 spiro atoms. The molecule has 0 aromatic rings. The van der Waals surface area contributed by atoms with Crippen molar-refractivity contribution in [3.8, 4) is 0 Å². The van der Waals surface area contributed by atoms with Crippen molar-refractivity contribution < 1.29 is 37.0 Å². The molecule has 3 unspecified atom stereocenters. The summed E-state index contributed by atoms with van der Waals surface area (Å²) in [4.78, 5) is 26.9. The van der Waals surface area contributed by atoms with Gasteiger partial charge in [0.05, 0.1) is 0 Å². The van der Waals surface area contributed by atoms with E-state index in [0.29, 0.717) is 5.82 Å². The predicted molar refractivity (Wildman–Crippen MR) is 106 cm³/mol. The Morgan fingerprint density at radius 3 is 2.11 bits per heavy atom. The Labute approximate surface area is 161 Å². The van der Waals surface area contributed by atoms with E-state index in [9.17, 15) is 18.6 Å². The standard InChI is InChI=1S/C16H27O8P3/c1-14(2)8-5-9-15(3)10-6-11-16(4)12-7-13-26(19,20)24-27(21,22)23-25(17)18/h7-8,10,12-13H,5-6,9,11H2,1-4H3,(H2-,17,18,19,20,21,22)/p+1/b13-7+,15-10+,16-12+. The van der Waals surface area contributed by atoms with Crippen LogP contribution in [0.4, 0.5) is 0 Å². The molecule has 0 saturated heterocycles. The van der Waals surface area contributed by atoms with Crippen LogP contribution in [0.1, 0.15) is 53.4 Å². The first-order valence-electron chi connectivity index (χ1n) is 8.19. The van der Waals surface area contributed by atoms with E-state index in [1.54, 1.807) is 6.08 Å². The van der Waals surface area contributed by atoms with Crippen molar-refractivity contribution in [2.75, 3.05) is 0 Å². The molecule has 8 nitrogen and oxygen atoms in total. The Morgan fingerprint density at radius 2 is 1.56 bits per heavy atom. The van der Waals surface area contributed by atoms with Gasteiger partial charge in [-0.1, -0.05) is 41.0 Å². The largest absolute Gasteiger partial charge is 0.705 e. The Balaban J connectivity index is 4.54. The van der Waals surface area contributed by atoms with Gasteiger partial charge in [-0.3, -0.25) is 9.46 Å². The van der Waals surface area contributed by atoms with Crippen LogP contribution in [-0.2, 0) is 22.3 Å². The molecule has 0 aromatic carbocycles. The average Bonchev–Trinajstić information content (AvgIpc) is 2.43. The Bertz CT molecular complexity index is 717. The van der Waals surface area contributed by atoms with Crippen LogP contribution in [0, 0.1) is 0 Å². The number of allylic oxidation sites excluding steroid dienone is 7. The molecule has 0 rings (SSSR count). The first kappa shape index (κ1) is 26.3. The zero-order valence-corrected chi connectivity index (χ0v) is 18.6. The fraction of sp³-hybridized carbons (Fsp3) is 0.500. The van der Waals surface area contributed by atoms with Crippen LogP contribution in [0.5, 0.6) is 0 Å². The number of hydrogen-bond donors (Lipinski definition) is 3. The Kier molecular flexibility index (Phi) is 12.4. The number of hydrogen-bond acceptors (Lipinski definition) is 5. The molecular weight excluding hydrogens is 413 g/mol. The first-order chi connectivity index (χ1) is 12.3. The van der Waals surface area contributed by atoms with Gasteiger partial charge in [0.25, 0.3) is 0 Å². The molecular formula is C16H28O8P3+. The van der Waals surface area contributed by atoms with E-state index in [1.165, 1.54) is 17.2 Å². The maximum Gasteiger partial charge on any atom is 0.705 e. The van der Waals surface area contributed by atoms with Crippen molar-refractivity contribution in [1.82, 2.24) is 0 Å². The highest BCUT2D eigenvalue weighted by molar-refractivity contribution is 7.68. The maximum absolute atomic E-state index is 11.7. The summed E-state index contributed by atoms with van der Waals surface area (Å²) in [6.07, 6.45) is 10.7. The summed E-state index contributed by atoms with van der Waals surface area (Å²) in [5.74, 6) is 0.702. The van der Waals surface area contributed by atoms with E-state index in [-0.39, 0.29) is 0 Å². The van der Waals surface area contributed by atoms with Gasteiger partial charge < -0.3 is 4.89 Å². The molecule has 0 saturated carbocycles. The molecule has 0 aliphatic carbocycles. The molecule has 154 valence electrons.